The largest absolute Gasteiger partial charge is 0.359 e. The molecule has 0 aliphatic heterocycles. The Kier molecular flexibility index (Phi) is 10.2. The number of anilines is 2. The van der Waals surface area contributed by atoms with Crippen molar-refractivity contribution in [2.24, 2.45) is 0 Å². The minimum absolute atomic E-state index is 0.999. The van der Waals surface area contributed by atoms with E-state index in [1.54, 1.807) is 0 Å². The van der Waals surface area contributed by atoms with Crippen LogP contribution in [0.1, 0.15) is 33.4 Å². The van der Waals surface area contributed by atoms with Crippen LogP contribution in [0.25, 0.3) is 54.9 Å². The van der Waals surface area contributed by atoms with Crippen LogP contribution in [0.15, 0.2) is 219 Å². The second kappa shape index (κ2) is 16.4. The minimum atomic E-state index is 0.999. The van der Waals surface area contributed by atoms with Crippen molar-refractivity contribution in [3.05, 3.63) is 252 Å². The first-order chi connectivity index (χ1) is 28.6. The average molecular weight is 745 g/mol. The van der Waals surface area contributed by atoms with Gasteiger partial charge in [0.1, 0.15) is 0 Å². The molecule has 0 saturated carbocycles. The van der Waals surface area contributed by atoms with Gasteiger partial charge >= 0.3 is 0 Å². The number of nitrogens with one attached hydrogen (secondary N) is 2. The third kappa shape index (κ3) is 7.32. The molecule has 0 bridgehead atoms. The summed E-state index contributed by atoms with van der Waals surface area (Å²) >= 11 is 0. The van der Waals surface area contributed by atoms with E-state index in [2.05, 4.69) is 243 Å². The van der Waals surface area contributed by atoms with Crippen molar-refractivity contribution in [2.45, 2.75) is 13.8 Å². The number of hydrogen-bond donors (Lipinski definition) is 2. The van der Waals surface area contributed by atoms with E-state index < -0.39 is 0 Å². The summed E-state index contributed by atoms with van der Waals surface area (Å²) in [6.07, 6.45) is 4.37. The molecule has 0 unspecified atom stereocenters. The molecule has 0 aliphatic carbocycles. The molecule has 0 amide bonds. The Morgan fingerprint density at radius 3 is 1.21 bits per heavy atom. The van der Waals surface area contributed by atoms with Crippen molar-refractivity contribution >= 4 is 44.1 Å². The monoisotopic (exact) mass is 744 g/mol. The zero-order chi connectivity index (χ0) is 39.3. The summed E-state index contributed by atoms with van der Waals surface area (Å²) in [5.41, 5.74) is 15.9. The van der Waals surface area contributed by atoms with Crippen LogP contribution in [-0.2, 0) is 0 Å². The average Bonchev–Trinajstić information content (AvgIpc) is 3.28. The van der Waals surface area contributed by atoms with Gasteiger partial charge in [-0.2, -0.15) is 0 Å². The van der Waals surface area contributed by atoms with E-state index in [-0.39, 0.29) is 0 Å². The van der Waals surface area contributed by atoms with E-state index in [9.17, 15) is 0 Å². The van der Waals surface area contributed by atoms with Gasteiger partial charge in [0.05, 0.1) is 11.4 Å². The number of rotatable bonds is 10. The highest BCUT2D eigenvalue weighted by Crippen LogP contribution is 2.48. The molecule has 0 saturated heterocycles. The molecule has 0 radical (unpaired) electrons. The highest BCUT2D eigenvalue weighted by Gasteiger charge is 2.21. The van der Waals surface area contributed by atoms with Crippen LogP contribution >= 0.6 is 0 Å². The molecular formula is C56H44N2. The van der Waals surface area contributed by atoms with Gasteiger partial charge in [-0.15, -0.1) is 0 Å². The minimum Gasteiger partial charge on any atom is -0.359 e. The summed E-state index contributed by atoms with van der Waals surface area (Å²) in [6, 6.07) is 73.8. The van der Waals surface area contributed by atoms with Crippen LogP contribution in [0.4, 0.5) is 11.4 Å². The van der Waals surface area contributed by atoms with Gasteiger partial charge in [0.25, 0.3) is 0 Å². The molecule has 2 nitrogen and oxygen atoms in total. The first-order valence-electron chi connectivity index (χ1n) is 19.9. The summed E-state index contributed by atoms with van der Waals surface area (Å²) in [4.78, 5) is 0. The van der Waals surface area contributed by atoms with Gasteiger partial charge in [-0.1, -0.05) is 217 Å². The zero-order valence-corrected chi connectivity index (χ0v) is 32.8. The smallest absolute Gasteiger partial charge is 0.0711 e. The summed E-state index contributed by atoms with van der Waals surface area (Å²) in [5.74, 6) is 0. The molecular weight excluding hydrogens is 701 g/mol. The standard InChI is InChI=1S/C56H44N2/c1-39-27-31-45(32-28-39)47-35-36-49-48-25-15-16-26-50(48)55(57-37-51(41-17-7-3-8-18-41)42-19-9-4-10-20-42)56(54(49)53(47)46-33-29-40(2)30-34-46)58-38-52(43-21-11-5-12-22-43)44-23-13-6-14-24-44/h3-38,57-58H,1-2H3. The molecule has 9 aromatic carbocycles. The van der Waals surface area contributed by atoms with Crippen LogP contribution in [-0.4, -0.2) is 0 Å². The lowest BCUT2D eigenvalue weighted by atomic mass is 9.86. The van der Waals surface area contributed by atoms with Crippen molar-refractivity contribution in [1.82, 2.24) is 0 Å². The predicted molar refractivity (Wildman–Crippen MR) is 249 cm³/mol. The van der Waals surface area contributed by atoms with E-state index in [4.69, 9.17) is 0 Å². The van der Waals surface area contributed by atoms with Crippen LogP contribution in [0.3, 0.4) is 0 Å². The Morgan fingerprint density at radius 2 is 0.741 bits per heavy atom. The lowest BCUT2D eigenvalue weighted by molar-refractivity contribution is 1.46. The van der Waals surface area contributed by atoms with E-state index in [1.807, 2.05) is 0 Å². The molecule has 0 atom stereocenters. The second-order valence-electron chi connectivity index (χ2n) is 14.8. The predicted octanol–water partition coefficient (Wildman–Crippen LogP) is 14.9. The van der Waals surface area contributed by atoms with Crippen LogP contribution in [0.2, 0.25) is 0 Å². The third-order valence-electron chi connectivity index (χ3n) is 11.0. The molecule has 0 aliphatic rings. The van der Waals surface area contributed by atoms with Gasteiger partial charge in [-0.05, 0) is 69.1 Å². The van der Waals surface area contributed by atoms with Crippen LogP contribution in [0.5, 0.6) is 0 Å². The number of benzene rings is 9. The maximum absolute atomic E-state index is 4.00. The fourth-order valence-corrected chi connectivity index (χ4v) is 8.00. The number of fused-ring (bicyclic) bond motifs is 3. The third-order valence-corrected chi connectivity index (χ3v) is 11.0. The van der Waals surface area contributed by atoms with Gasteiger partial charge < -0.3 is 10.6 Å². The summed E-state index contributed by atoms with van der Waals surface area (Å²) in [6.45, 7) is 4.30. The van der Waals surface area contributed by atoms with E-state index in [1.165, 1.54) is 38.6 Å². The van der Waals surface area contributed by atoms with Crippen molar-refractivity contribution in [3.8, 4) is 22.3 Å². The van der Waals surface area contributed by atoms with Crippen LogP contribution < -0.4 is 10.6 Å². The first-order valence-corrected chi connectivity index (χ1v) is 19.9. The Morgan fingerprint density at radius 1 is 0.345 bits per heavy atom. The highest BCUT2D eigenvalue weighted by molar-refractivity contribution is 6.25. The van der Waals surface area contributed by atoms with Crippen LogP contribution in [0, 0.1) is 13.8 Å². The van der Waals surface area contributed by atoms with Gasteiger partial charge in [-0.25, -0.2) is 0 Å². The molecule has 58 heavy (non-hydrogen) atoms. The number of hydrogen-bond acceptors (Lipinski definition) is 2. The molecule has 2 heteroatoms. The lowest BCUT2D eigenvalue weighted by Gasteiger charge is -2.23. The summed E-state index contributed by atoms with van der Waals surface area (Å²) < 4.78 is 0. The van der Waals surface area contributed by atoms with Crippen molar-refractivity contribution in [1.29, 1.82) is 0 Å². The van der Waals surface area contributed by atoms with E-state index >= 15 is 0 Å². The topological polar surface area (TPSA) is 24.1 Å². The highest BCUT2D eigenvalue weighted by atomic mass is 14.9. The fourth-order valence-electron chi connectivity index (χ4n) is 8.00. The maximum Gasteiger partial charge on any atom is 0.0711 e. The maximum atomic E-state index is 4.00. The molecule has 0 heterocycles. The fraction of sp³-hybridized carbons (Fsp3) is 0.0357. The van der Waals surface area contributed by atoms with E-state index in [0.717, 1.165) is 61.1 Å². The van der Waals surface area contributed by atoms with Gasteiger partial charge in [0.2, 0.25) is 0 Å². The normalized spacial score (nSPS) is 10.9. The molecule has 0 fully saturated rings. The Labute approximate surface area is 341 Å². The molecule has 278 valence electrons. The van der Waals surface area contributed by atoms with Gasteiger partial charge in [0, 0.05) is 34.3 Å². The first kappa shape index (κ1) is 36.2. The molecule has 9 rings (SSSR count). The van der Waals surface area contributed by atoms with Crippen molar-refractivity contribution in [2.75, 3.05) is 10.6 Å². The molecule has 0 aromatic heterocycles. The quantitative estimate of drug-likeness (QED) is 0.108. The molecule has 9 aromatic rings. The van der Waals surface area contributed by atoms with Crippen molar-refractivity contribution < 1.29 is 0 Å². The van der Waals surface area contributed by atoms with Gasteiger partial charge in [0.15, 0.2) is 0 Å². The van der Waals surface area contributed by atoms with E-state index in [0.29, 0.717) is 0 Å². The zero-order valence-electron chi connectivity index (χ0n) is 32.8. The Balaban J connectivity index is 1.39. The number of aryl methyl sites for hydroxylation is 2. The summed E-state index contributed by atoms with van der Waals surface area (Å²) in [5, 5.41) is 12.6. The van der Waals surface area contributed by atoms with Crippen molar-refractivity contribution in [3.63, 3.8) is 0 Å². The summed E-state index contributed by atoms with van der Waals surface area (Å²) in [7, 11) is 0. The second-order valence-corrected chi connectivity index (χ2v) is 14.8. The van der Waals surface area contributed by atoms with Gasteiger partial charge in [-0.3, -0.25) is 0 Å². The molecule has 0 spiro atoms. The lowest BCUT2D eigenvalue weighted by Crippen LogP contribution is -2.03. The Hall–Kier alpha value is -7.42. The SMILES string of the molecule is Cc1ccc(-c2ccc3c(c(NC=C(c4ccccc4)c4ccccc4)c(NC=C(c4ccccc4)c4ccccc4)c4ccccc43)c2-c2ccc(C)cc2)cc1. The molecule has 2 N–H and O–H groups in total. The Bertz CT molecular complexity index is 2810.